The highest BCUT2D eigenvalue weighted by atomic mass is 35.5. The highest BCUT2D eigenvalue weighted by molar-refractivity contribution is 7.11. The van der Waals surface area contributed by atoms with Crippen molar-refractivity contribution in [3.63, 3.8) is 0 Å². The van der Waals surface area contributed by atoms with E-state index in [0.717, 1.165) is 17.5 Å². The molecule has 1 heterocycles. The van der Waals surface area contributed by atoms with Gasteiger partial charge in [-0.1, -0.05) is 48.0 Å². The second kappa shape index (κ2) is 6.71. The largest absolute Gasteiger partial charge is 0.478 e. The Morgan fingerprint density at radius 2 is 1.85 bits per heavy atom. The van der Waals surface area contributed by atoms with E-state index in [9.17, 15) is 14.7 Å². The Kier molecular flexibility index (Phi) is 4.39. The minimum absolute atomic E-state index is 0.0794. The molecule has 1 aliphatic carbocycles. The lowest BCUT2D eigenvalue weighted by molar-refractivity contribution is -0.120. The molecule has 0 fully saturated rings. The van der Waals surface area contributed by atoms with Crippen LogP contribution >= 0.6 is 22.9 Å². The van der Waals surface area contributed by atoms with E-state index in [0.29, 0.717) is 15.5 Å². The molecule has 3 aromatic rings. The average molecular weight is 383 g/mol. The van der Waals surface area contributed by atoms with Gasteiger partial charge < -0.3 is 5.11 Å². The summed E-state index contributed by atoms with van der Waals surface area (Å²) in [6.45, 7) is 0. The summed E-state index contributed by atoms with van der Waals surface area (Å²) in [5, 5.41) is 12.1. The molecule has 4 rings (SSSR count). The molecule has 3 nitrogen and oxygen atoms in total. The highest BCUT2D eigenvalue weighted by Crippen LogP contribution is 2.38. The maximum Gasteiger partial charge on any atom is 0.337 e. The van der Waals surface area contributed by atoms with E-state index in [2.05, 4.69) is 0 Å². The van der Waals surface area contributed by atoms with Crippen LogP contribution in [0.5, 0.6) is 0 Å². The fourth-order valence-corrected chi connectivity index (χ4v) is 4.61. The smallest absolute Gasteiger partial charge is 0.337 e. The molecule has 5 heteroatoms. The number of hydrogen-bond donors (Lipinski definition) is 1. The average Bonchev–Trinajstić information content (AvgIpc) is 3.00. The third-order valence-corrected chi connectivity index (χ3v) is 6.05. The van der Waals surface area contributed by atoms with E-state index in [4.69, 9.17) is 11.6 Å². The molecule has 0 bridgehead atoms. The van der Waals surface area contributed by atoms with Crippen molar-refractivity contribution in [2.75, 3.05) is 0 Å². The normalized spacial score (nSPS) is 15.2. The van der Waals surface area contributed by atoms with E-state index in [-0.39, 0.29) is 23.7 Å². The number of halogens is 1. The summed E-state index contributed by atoms with van der Waals surface area (Å²) in [6.07, 6.45) is 0.895. The molecule has 2 aromatic carbocycles. The molecule has 0 saturated heterocycles. The van der Waals surface area contributed by atoms with Crippen LogP contribution in [0.25, 0.3) is 11.1 Å². The number of carboxylic acids is 1. The molecular weight excluding hydrogens is 368 g/mol. The SMILES string of the molecule is O=C(O)c1c(-c2ccc(Cl)cc2)csc1CC(=O)C1Cc2ccccc21. The van der Waals surface area contributed by atoms with Crippen molar-refractivity contribution in [1.29, 1.82) is 0 Å². The van der Waals surface area contributed by atoms with Crippen LogP contribution in [-0.4, -0.2) is 16.9 Å². The minimum atomic E-state index is -1.01. The number of fused-ring (bicyclic) bond motifs is 1. The number of benzene rings is 2. The summed E-state index contributed by atoms with van der Waals surface area (Å²) in [5.41, 5.74) is 3.92. The van der Waals surface area contributed by atoms with Crippen molar-refractivity contribution in [3.8, 4) is 11.1 Å². The third kappa shape index (κ3) is 2.96. The maximum atomic E-state index is 12.7. The number of carbonyl (C=O) groups is 2. The summed E-state index contributed by atoms with van der Waals surface area (Å²) in [7, 11) is 0. The van der Waals surface area contributed by atoms with Crippen LogP contribution < -0.4 is 0 Å². The molecule has 1 aromatic heterocycles. The fraction of sp³-hybridized carbons (Fsp3) is 0.143. The molecule has 130 valence electrons. The van der Waals surface area contributed by atoms with Crippen LogP contribution in [0, 0.1) is 0 Å². The molecule has 0 radical (unpaired) electrons. The first-order chi connectivity index (χ1) is 12.5. The van der Waals surface area contributed by atoms with Gasteiger partial charge in [0.1, 0.15) is 5.78 Å². The molecule has 1 N–H and O–H groups in total. The van der Waals surface area contributed by atoms with Crippen LogP contribution in [0.15, 0.2) is 53.9 Å². The first-order valence-corrected chi connectivity index (χ1v) is 9.50. The molecule has 1 aliphatic rings. The van der Waals surface area contributed by atoms with Gasteiger partial charge in [0, 0.05) is 27.8 Å². The highest BCUT2D eigenvalue weighted by Gasteiger charge is 2.32. The van der Waals surface area contributed by atoms with Gasteiger partial charge in [-0.25, -0.2) is 4.79 Å². The molecule has 26 heavy (non-hydrogen) atoms. The molecular formula is C21H15ClO3S. The Morgan fingerprint density at radius 3 is 2.54 bits per heavy atom. The predicted octanol–water partition coefficient (Wildman–Crippen LogP) is 5.22. The van der Waals surface area contributed by atoms with E-state index >= 15 is 0 Å². The van der Waals surface area contributed by atoms with E-state index in [1.165, 1.54) is 16.9 Å². The Morgan fingerprint density at radius 1 is 1.12 bits per heavy atom. The molecule has 1 unspecified atom stereocenters. The van der Waals surface area contributed by atoms with Gasteiger partial charge in [-0.05, 0) is 40.6 Å². The van der Waals surface area contributed by atoms with Crippen molar-refractivity contribution in [2.45, 2.75) is 18.8 Å². The van der Waals surface area contributed by atoms with Crippen LogP contribution in [0.1, 0.15) is 32.3 Å². The van der Waals surface area contributed by atoms with Gasteiger partial charge in [-0.2, -0.15) is 0 Å². The van der Waals surface area contributed by atoms with Crippen molar-refractivity contribution in [1.82, 2.24) is 0 Å². The Labute approximate surface area is 159 Å². The summed E-state index contributed by atoms with van der Waals surface area (Å²) < 4.78 is 0. The first kappa shape index (κ1) is 17.0. The number of rotatable bonds is 5. The van der Waals surface area contributed by atoms with E-state index in [1.807, 2.05) is 29.6 Å². The number of ketones is 1. The maximum absolute atomic E-state index is 12.7. The number of Topliss-reactive ketones (excluding diaryl/α,β-unsaturated/α-hetero) is 1. The van der Waals surface area contributed by atoms with Crippen LogP contribution in [0.4, 0.5) is 0 Å². The third-order valence-electron chi connectivity index (χ3n) is 4.81. The zero-order valence-corrected chi connectivity index (χ0v) is 15.3. The fourth-order valence-electron chi connectivity index (χ4n) is 3.43. The van der Waals surface area contributed by atoms with Crippen molar-refractivity contribution < 1.29 is 14.7 Å². The Bertz CT molecular complexity index is 1000. The number of carbonyl (C=O) groups excluding carboxylic acids is 1. The van der Waals surface area contributed by atoms with Gasteiger partial charge in [-0.3, -0.25) is 4.79 Å². The van der Waals surface area contributed by atoms with Gasteiger partial charge >= 0.3 is 5.97 Å². The second-order valence-electron chi connectivity index (χ2n) is 6.36. The number of carboxylic acid groups (broad SMARTS) is 1. The Balaban J connectivity index is 1.62. The summed E-state index contributed by atoms with van der Waals surface area (Å²) in [5.74, 6) is -1.04. The lowest BCUT2D eigenvalue weighted by atomic mass is 9.74. The zero-order valence-electron chi connectivity index (χ0n) is 13.7. The van der Waals surface area contributed by atoms with Gasteiger partial charge in [0.2, 0.25) is 0 Å². The van der Waals surface area contributed by atoms with Gasteiger partial charge in [0.25, 0.3) is 0 Å². The van der Waals surface area contributed by atoms with Gasteiger partial charge in [0.15, 0.2) is 0 Å². The summed E-state index contributed by atoms with van der Waals surface area (Å²) in [6, 6.07) is 15.0. The second-order valence-corrected chi connectivity index (χ2v) is 7.76. The molecule has 0 saturated carbocycles. The Hall–Kier alpha value is -2.43. The lowest BCUT2D eigenvalue weighted by Crippen LogP contribution is -2.26. The zero-order chi connectivity index (χ0) is 18.3. The quantitative estimate of drug-likeness (QED) is 0.658. The van der Waals surface area contributed by atoms with Crippen molar-refractivity contribution >= 4 is 34.7 Å². The summed E-state index contributed by atoms with van der Waals surface area (Å²) in [4.78, 5) is 25.2. The van der Waals surface area contributed by atoms with Crippen LogP contribution in [0.2, 0.25) is 5.02 Å². The lowest BCUT2D eigenvalue weighted by Gasteiger charge is -2.28. The number of hydrogen-bond acceptors (Lipinski definition) is 3. The van der Waals surface area contributed by atoms with E-state index < -0.39 is 5.97 Å². The molecule has 0 aliphatic heterocycles. The molecule has 1 atom stereocenters. The standard InChI is InChI=1S/C21H15ClO3S/c22-14-7-5-12(6-8-14)17-11-26-19(20(17)21(24)25)10-18(23)16-9-13-3-1-2-4-15(13)16/h1-8,11,16H,9-10H2,(H,24,25). The summed E-state index contributed by atoms with van der Waals surface area (Å²) >= 11 is 7.25. The monoisotopic (exact) mass is 382 g/mol. The topological polar surface area (TPSA) is 54.4 Å². The van der Waals surface area contributed by atoms with Crippen molar-refractivity contribution in [2.24, 2.45) is 0 Å². The predicted molar refractivity (Wildman–Crippen MR) is 103 cm³/mol. The van der Waals surface area contributed by atoms with Crippen LogP contribution in [0.3, 0.4) is 0 Å². The van der Waals surface area contributed by atoms with E-state index in [1.54, 1.807) is 24.3 Å². The number of aromatic carboxylic acids is 1. The van der Waals surface area contributed by atoms with Gasteiger partial charge in [-0.15, -0.1) is 11.3 Å². The van der Waals surface area contributed by atoms with Crippen LogP contribution in [-0.2, 0) is 17.6 Å². The minimum Gasteiger partial charge on any atom is -0.478 e. The van der Waals surface area contributed by atoms with Gasteiger partial charge in [0.05, 0.1) is 5.56 Å². The molecule has 0 spiro atoms. The first-order valence-electron chi connectivity index (χ1n) is 8.24. The number of thiophene rings is 1. The van der Waals surface area contributed by atoms with Crippen molar-refractivity contribution in [3.05, 3.63) is 80.5 Å². The molecule has 0 amide bonds.